The van der Waals surface area contributed by atoms with Crippen molar-refractivity contribution in [1.29, 1.82) is 0 Å². The van der Waals surface area contributed by atoms with Gasteiger partial charge < -0.3 is 5.32 Å². The minimum Gasteiger partial charge on any atom is -0.353 e. The van der Waals surface area contributed by atoms with Gasteiger partial charge in [0.05, 0.1) is 13.1 Å². The topological polar surface area (TPSA) is 41.1 Å². The predicted octanol–water partition coefficient (Wildman–Crippen LogP) is 0.904. The highest BCUT2D eigenvalue weighted by Crippen LogP contribution is 1.93. The molecule has 0 aliphatic rings. The number of carbonyl (C=O) groups is 1. The van der Waals surface area contributed by atoms with E-state index in [2.05, 4.69) is 29.4 Å². The zero-order chi connectivity index (χ0) is 10.8. The van der Waals surface area contributed by atoms with Gasteiger partial charge in [-0.25, -0.2) is 0 Å². The fourth-order valence-corrected chi connectivity index (χ4v) is 1.16. The maximum absolute atomic E-state index is 11.3. The van der Waals surface area contributed by atoms with Crippen molar-refractivity contribution in [3.05, 3.63) is 0 Å². The Bertz CT molecular complexity index is 215. The zero-order valence-electron chi connectivity index (χ0n) is 9.31. The molecule has 0 spiro atoms. The highest BCUT2D eigenvalue weighted by Gasteiger charge is 2.04. The lowest BCUT2D eigenvalue weighted by atomic mass is 10.2. The molecule has 0 bridgehead atoms. The van der Waals surface area contributed by atoms with Crippen molar-refractivity contribution in [2.75, 3.05) is 13.1 Å². The van der Waals surface area contributed by atoms with E-state index in [1.54, 1.807) is 6.92 Å². The van der Waals surface area contributed by atoms with Crippen LogP contribution in [0.5, 0.6) is 0 Å². The monoisotopic (exact) mass is 196 g/mol. The summed E-state index contributed by atoms with van der Waals surface area (Å²) in [6.45, 7) is 6.84. The van der Waals surface area contributed by atoms with E-state index in [4.69, 9.17) is 0 Å². The van der Waals surface area contributed by atoms with Gasteiger partial charge in [0.2, 0.25) is 5.91 Å². The number of amides is 1. The van der Waals surface area contributed by atoms with Crippen molar-refractivity contribution in [1.82, 2.24) is 10.6 Å². The fourth-order valence-electron chi connectivity index (χ4n) is 1.16. The van der Waals surface area contributed by atoms with Gasteiger partial charge in [0.25, 0.3) is 0 Å². The predicted molar refractivity (Wildman–Crippen MR) is 58.8 cm³/mol. The lowest BCUT2D eigenvalue weighted by Crippen LogP contribution is -2.39. The van der Waals surface area contributed by atoms with Crippen LogP contribution >= 0.6 is 0 Å². The van der Waals surface area contributed by atoms with Gasteiger partial charge in [0.1, 0.15) is 0 Å². The average Bonchev–Trinajstić information content (AvgIpc) is 2.13. The smallest absolute Gasteiger partial charge is 0.234 e. The highest BCUT2D eigenvalue weighted by atomic mass is 16.1. The molecular weight excluding hydrogens is 176 g/mol. The van der Waals surface area contributed by atoms with Crippen LogP contribution in [0, 0.1) is 11.8 Å². The molecule has 0 radical (unpaired) electrons. The summed E-state index contributed by atoms with van der Waals surface area (Å²) >= 11 is 0. The Labute approximate surface area is 86.6 Å². The highest BCUT2D eigenvalue weighted by molar-refractivity contribution is 5.78. The summed E-state index contributed by atoms with van der Waals surface area (Å²) in [5.74, 6) is 5.64. The lowest BCUT2D eigenvalue weighted by molar-refractivity contribution is -0.120. The molecule has 3 nitrogen and oxygen atoms in total. The summed E-state index contributed by atoms with van der Waals surface area (Å²) < 4.78 is 0. The fraction of sp³-hybridized carbons (Fsp3) is 0.727. The molecule has 0 saturated carbocycles. The molecule has 1 atom stereocenters. The van der Waals surface area contributed by atoms with E-state index in [1.165, 1.54) is 0 Å². The van der Waals surface area contributed by atoms with Crippen molar-refractivity contribution < 1.29 is 4.79 Å². The van der Waals surface area contributed by atoms with Crippen LogP contribution in [0.4, 0.5) is 0 Å². The molecule has 0 fully saturated rings. The van der Waals surface area contributed by atoms with Crippen LogP contribution in [0.2, 0.25) is 0 Å². The maximum Gasteiger partial charge on any atom is 0.234 e. The minimum atomic E-state index is 0.0452. The third-order valence-corrected chi connectivity index (χ3v) is 1.80. The van der Waals surface area contributed by atoms with Crippen LogP contribution in [0.25, 0.3) is 0 Å². The third-order valence-electron chi connectivity index (χ3n) is 1.80. The molecular formula is C11H20N2O. The van der Waals surface area contributed by atoms with Crippen molar-refractivity contribution in [2.45, 2.75) is 39.7 Å². The van der Waals surface area contributed by atoms with Gasteiger partial charge in [-0.05, 0) is 20.3 Å². The molecule has 0 saturated heterocycles. The van der Waals surface area contributed by atoms with E-state index in [9.17, 15) is 4.79 Å². The van der Waals surface area contributed by atoms with Gasteiger partial charge >= 0.3 is 0 Å². The third kappa shape index (κ3) is 7.63. The van der Waals surface area contributed by atoms with E-state index in [-0.39, 0.29) is 11.9 Å². The van der Waals surface area contributed by atoms with Crippen LogP contribution in [-0.4, -0.2) is 25.0 Å². The average molecular weight is 196 g/mol. The van der Waals surface area contributed by atoms with Crippen LogP contribution < -0.4 is 10.6 Å². The molecule has 0 aromatic heterocycles. The summed E-state index contributed by atoms with van der Waals surface area (Å²) in [6.07, 6.45) is 2.12. The SMILES string of the molecule is CC#CCNCC(=O)NC(C)CCC. The Hall–Kier alpha value is -1.01. The summed E-state index contributed by atoms with van der Waals surface area (Å²) in [7, 11) is 0. The molecule has 0 aliphatic carbocycles. The molecule has 0 heterocycles. The number of nitrogens with one attached hydrogen (secondary N) is 2. The van der Waals surface area contributed by atoms with Gasteiger partial charge in [-0.2, -0.15) is 0 Å². The molecule has 14 heavy (non-hydrogen) atoms. The normalized spacial score (nSPS) is 11.4. The Balaban J connectivity index is 3.48. The van der Waals surface area contributed by atoms with Crippen molar-refractivity contribution in [3.8, 4) is 11.8 Å². The molecule has 0 aliphatic heterocycles. The van der Waals surface area contributed by atoms with Crippen LogP contribution in [0.15, 0.2) is 0 Å². The second kappa shape index (κ2) is 8.58. The molecule has 3 heteroatoms. The maximum atomic E-state index is 11.3. The summed E-state index contributed by atoms with van der Waals surface area (Å²) in [5.41, 5.74) is 0. The van der Waals surface area contributed by atoms with Gasteiger partial charge in [-0.1, -0.05) is 19.3 Å². The van der Waals surface area contributed by atoms with Gasteiger partial charge in [0.15, 0.2) is 0 Å². The Morgan fingerprint density at radius 3 is 2.79 bits per heavy atom. The standard InChI is InChI=1S/C11H20N2O/c1-4-6-8-12-9-11(14)13-10(3)7-5-2/h10,12H,5,7-9H2,1-3H3,(H,13,14). The first kappa shape index (κ1) is 13.0. The largest absolute Gasteiger partial charge is 0.353 e. The second-order valence-electron chi connectivity index (χ2n) is 3.29. The van der Waals surface area contributed by atoms with E-state index in [1.807, 2.05) is 6.92 Å². The molecule has 0 aromatic rings. The first-order chi connectivity index (χ1) is 6.70. The van der Waals surface area contributed by atoms with E-state index >= 15 is 0 Å². The molecule has 0 aromatic carbocycles. The van der Waals surface area contributed by atoms with Crippen molar-refractivity contribution >= 4 is 5.91 Å². The van der Waals surface area contributed by atoms with Crippen molar-refractivity contribution in [3.63, 3.8) is 0 Å². The molecule has 0 rings (SSSR count). The summed E-state index contributed by atoms with van der Waals surface area (Å²) in [6, 6.07) is 0.270. The van der Waals surface area contributed by atoms with Gasteiger partial charge in [-0.15, -0.1) is 5.92 Å². The minimum absolute atomic E-state index is 0.0452. The van der Waals surface area contributed by atoms with Crippen LogP contribution in [0.1, 0.15) is 33.6 Å². The molecule has 1 amide bonds. The molecule has 2 N–H and O–H groups in total. The first-order valence-electron chi connectivity index (χ1n) is 5.10. The van der Waals surface area contributed by atoms with Crippen LogP contribution in [-0.2, 0) is 4.79 Å². The number of rotatable bonds is 6. The van der Waals surface area contributed by atoms with Gasteiger partial charge in [0, 0.05) is 6.04 Å². The van der Waals surface area contributed by atoms with Crippen LogP contribution in [0.3, 0.4) is 0 Å². The van der Waals surface area contributed by atoms with E-state index < -0.39 is 0 Å². The first-order valence-corrected chi connectivity index (χ1v) is 5.10. The summed E-state index contributed by atoms with van der Waals surface area (Å²) in [5, 5.41) is 5.86. The second-order valence-corrected chi connectivity index (χ2v) is 3.29. The van der Waals surface area contributed by atoms with Crippen molar-refractivity contribution in [2.24, 2.45) is 0 Å². The summed E-state index contributed by atoms with van der Waals surface area (Å²) in [4.78, 5) is 11.3. The van der Waals surface area contributed by atoms with E-state index in [0.29, 0.717) is 13.1 Å². The Kier molecular flexibility index (Phi) is 7.96. The lowest BCUT2D eigenvalue weighted by Gasteiger charge is -2.12. The number of hydrogen-bond donors (Lipinski definition) is 2. The molecule has 80 valence electrons. The molecule has 1 unspecified atom stereocenters. The van der Waals surface area contributed by atoms with E-state index in [0.717, 1.165) is 12.8 Å². The Morgan fingerprint density at radius 2 is 2.21 bits per heavy atom. The zero-order valence-corrected chi connectivity index (χ0v) is 9.31. The number of hydrogen-bond acceptors (Lipinski definition) is 2. The quantitative estimate of drug-likeness (QED) is 0.489. The number of carbonyl (C=O) groups excluding carboxylic acids is 1. The van der Waals surface area contributed by atoms with Gasteiger partial charge in [-0.3, -0.25) is 10.1 Å². The Morgan fingerprint density at radius 1 is 1.50 bits per heavy atom.